The molecule has 6 nitrogen and oxygen atoms in total. The average molecular weight is 230 g/mol. The van der Waals surface area contributed by atoms with Crippen LogP contribution in [0.15, 0.2) is 0 Å². The summed E-state index contributed by atoms with van der Waals surface area (Å²) in [6.45, 7) is 2.59. The van der Waals surface area contributed by atoms with Gasteiger partial charge in [-0.1, -0.05) is 0 Å². The van der Waals surface area contributed by atoms with Crippen molar-refractivity contribution >= 4 is 11.8 Å². The molecule has 1 saturated heterocycles. The topological polar surface area (TPSA) is 92.9 Å². The summed E-state index contributed by atoms with van der Waals surface area (Å²) in [5, 5.41) is 9.09. The predicted molar refractivity (Wildman–Crippen MR) is 56.4 cm³/mol. The van der Waals surface area contributed by atoms with Crippen LogP contribution in [0, 0.1) is 0 Å². The molecule has 3 N–H and O–H groups in total. The second-order valence-electron chi connectivity index (χ2n) is 3.97. The lowest BCUT2D eigenvalue weighted by Crippen LogP contribution is -2.54. The van der Waals surface area contributed by atoms with Gasteiger partial charge in [-0.2, -0.15) is 0 Å². The molecule has 2 atom stereocenters. The number of carbonyl (C=O) groups is 2. The molecule has 0 radical (unpaired) electrons. The summed E-state index contributed by atoms with van der Waals surface area (Å²) in [4.78, 5) is 24.3. The largest absolute Gasteiger partial charge is 0.393 e. The third kappa shape index (κ3) is 3.46. The van der Waals surface area contributed by atoms with E-state index in [-0.39, 0.29) is 18.9 Å². The van der Waals surface area contributed by atoms with Crippen molar-refractivity contribution in [1.82, 2.24) is 4.90 Å². The second kappa shape index (κ2) is 5.81. The number of primary amides is 1. The smallest absolute Gasteiger partial charge is 0.242 e. The van der Waals surface area contributed by atoms with Gasteiger partial charge in [-0.25, -0.2) is 0 Å². The summed E-state index contributed by atoms with van der Waals surface area (Å²) < 4.78 is 5.11. The highest BCUT2D eigenvalue weighted by Crippen LogP contribution is 2.10. The van der Waals surface area contributed by atoms with Crippen molar-refractivity contribution < 1.29 is 19.4 Å². The van der Waals surface area contributed by atoms with Crippen molar-refractivity contribution in [3.8, 4) is 0 Å². The summed E-state index contributed by atoms with van der Waals surface area (Å²) in [5.74, 6) is -0.710. The van der Waals surface area contributed by atoms with E-state index in [1.165, 1.54) is 4.90 Å². The van der Waals surface area contributed by atoms with Gasteiger partial charge in [0.1, 0.15) is 6.04 Å². The molecule has 92 valence electrons. The molecule has 0 aliphatic carbocycles. The molecule has 6 heteroatoms. The van der Waals surface area contributed by atoms with Crippen molar-refractivity contribution in [1.29, 1.82) is 0 Å². The van der Waals surface area contributed by atoms with Gasteiger partial charge in [-0.3, -0.25) is 9.59 Å². The Labute approximate surface area is 94.3 Å². The van der Waals surface area contributed by atoms with Crippen LogP contribution in [0.1, 0.15) is 19.8 Å². The molecule has 2 unspecified atom stereocenters. The predicted octanol–water partition coefficient (Wildman–Crippen LogP) is -1.14. The van der Waals surface area contributed by atoms with Crippen LogP contribution in [0.5, 0.6) is 0 Å². The number of hydrogen-bond donors (Lipinski definition) is 2. The quantitative estimate of drug-likeness (QED) is 0.638. The summed E-state index contributed by atoms with van der Waals surface area (Å²) in [7, 11) is 0. The van der Waals surface area contributed by atoms with Crippen LogP contribution in [0.2, 0.25) is 0 Å². The standard InChI is InChI=1S/C10H18N2O4/c1-7(13)2-3-9(14)12-4-5-16-6-8(12)10(11)15/h7-8,13H,2-6H2,1H3,(H2,11,15). The van der Waals surface area contributed by atoms with Crippen molar-refractivity contribution in [3.05, 3.63) is 0 Å². The van der Waals surface area contributed by atoms with Gasteiger partial charge in [0.2, 0.25) is 11.8 Å². The first-order valence-corrected chi connectivity index (χ1v) is 5.37. The fourth-order valence-corrected chi connectivity index (χ4v) is 1.61. The summed E-state index contributed by atoms with van der Waals surface area (Å²) in [6.07, 6.45) is 0.0976. The number of morpholine rings is 1. The number of ether oxygens (including phenoxy) is 1. The van der Waals surface area contributed by atoms with E-state index in [4.69, 9.17) is 15.6 Å². The van der Waals surface area contributed by atoms with Gasteiger partial charge in [0.25, 0.3) is 0 Å². The van der Waals surface area contributed by atoms with Crippen molar-refractivity contribution in [2.45, 2.75) is 31.9 Å². The molecule has 2 amide bonds. The molecule has 0 aromatic carbocycles. The number of amides is 2. The number of nitrogens with zero attached hydrogens (tertiary/aromatic N) is 1. The fourth-order valence-electron chi connectivity index (χ4n) is 1.61. The molecule has 0 saturated carbocycles. The SMILES string of the molecule is CC(O)CCC(=O)N1CCOCC1C(N)=O. The minimum absolute atomic E-state index is 0.159. The van der Waals surface area contributed by atoms with E-state index in [2.05, 4.69) is 0 Å². The highest BCUT2D eigenvalue weighted by Gasteiger charge is 2.30. The molecule has 0 aromatic rings. The van der Waals surface area contributed by atoms with Crippen molar-refractivity contribution in [2.24, 2.45) is 5.73 Å². The van der Waals surface area contributed by atoms with E-state index in [1.54, 1.807) is 6.92 Å². The first-order chi connectivity index (χ1) is 7.52. The first kappa shape index (κ1) is 12.9. The van der Waals surface area contributed by atoms with Crippen LogP contribution in [0.3, 0.4) is 0 Å². The van der Waals surface area contributed by atoms with Crippen LogP contribution in [0.25, 0.3) is 0 Å². The first-order valence-electron chi connectivity index (χ1n) is 5.37. The van der Waals surface area contributed by atoms with Gasteiger partial charge in [-0.15, -0.1) is 0 Å². The Morgan fingerprint density at radius 3 is 2.88 bits per heavy atom. The van der Waals surface area contributed by atoms with E-state index in [9.17, 15) is 9.59 Å². The van der Waals surface area contributed by atoms with Gasteiger partial charge in [0.05, 0.1) is 19.3 Å². The zero-order valence-corrected chi connectivity index (χ0v) is 9.39. The Morgan fingerprint density at radius 2 is 2.31 bits per heavy atom. The number of carbonyl (C=O) groups excluding carboxylic acids is 2. The van der Waals surface area contributed by atoms with Gasteiger partial charge in [0.15, 0.2) is 0 Å². The van der Waals surface area contributed by atoms with E-state index in [1.807, 2.05) is 0 Å². The fraction of sp³-hybridized carbons (Fsp3) is 0.800. The summed E-state index contributed by atoms with van der Waals surface area (Å²) >= 11 is 0. The summed E-state index contributed by atoms with van der Waals surface area (Å²) in [6, 6.07) is -0.671. The Balaban J connectivity index is 2.54. The van der Waals surface area contributed by atoms with Crippen LogP contribution in [0.4, 0.5) is 0 Å². The maximum atomic E-state index is 11.8. The van der Waals surface area contributed by atoms with Gasteiger partial charge < -0.3 is 20.5 Å². The number of hydrogen-bond acceptors (Lipinski definition) is 4. The Kier molecular flexibility index (Phi) is 4.70. The third-order valence-electron chi connectivity index (χ3n) is 2.55. The molecule has 1 aliphatic rings. The molecule has 0 spiro atoms. The van der Waals surface area contributed by atoms with Crippen LogP contribution in [-0.4, -0.2) is 53.7 Å². The Hall–Kier alpha value is -1.14. The van der Waals surface area contributed by atoms with Gasteiger partial charge >= 0.3 is 0 Å². The Bertz CT molecular complexity index is 268. The Morgan fingerprint density at radius 1 is 1.62 bits per heavy atom. The second-order valence-corrected chi connectivity index (χ2v) is 3.97. The number of aliphatic hydroxyl groups excluding tert-OH is 1. The van der Waals surface area contributed by atoms with Crippen LogP contribution in [-0.2, 0) is 14.3 Å². The molecule has 1 fully saturated rings. The highest BCUT2D eigenvalue weighted by molar-refractivity contribution is 5.86. The molecule has 1 aliphatic heterocycles. The molecule has 1 rings (SSSR count). The molecule has 0 aromatic heterocycles. The van der Waals surface area contributed by atoms with Gasteiger partial charge in [0, 0.05) is 13.0 Å². The molecule has 0 bridgehead atoms. The third-order valence-corrected chi connectivity index (χ3v) is 2.55. The molecule has 16 heavy (non-hydrogen) atoms. The van der Waals surface area contributed by atoms with E-state index in [0.717, 1.165) is 0 Å². The minimum atomic E-state index is -0.671. The van der Waals surface area contributed by atoms with Gasteiger partial charge in [-0.05, 0) is 13.3 Å². The monoisotopic (exact) mass is 230 g/mol. The minimum Gasteiger partial charge on any atom is -0.393 e. The van der Waals surface area contributed by atoms with E-state index >= 15 is 0 Å². The van der Waals surface area contributed by atoms with Crippen LogP contribution < -0.4 is 5.73 Å². The average Bonchev–Trinajstić information content (AvgIpc) is 2.25. The highest BCUT2D eigenvalue weighted by atomic mass is 16.5. The normalized spacial score (nSPS) is 22.9. The zero-order valence-electron chi connectivity index (χ0n) is 9.39. The molecular weight excluding hydrogens is 212 g/mol. The van der Waals surface area contributed by atoms with E-state index in [0.29, 0.717) is 19.6 Å². The number of aliphatic hydroxyl groups is 1. The summed E-state index contributed by atoms with van der Waals surface area (Å²) in [5.41, 5.74) is 5.19. The lowest BCUT2D eigenvalue weighted by atomic mass is 10.1. The van der Waals surface area contributed by atoms with E-state index < -0.39 is 18.1 Å². The number of rotatable bonds is 4. The van der Waals surface area contributed by atoms with Crippen molar-refractivity contribution in [2.75, 3.05) is 19.8 Å². The van der Waals surface area contributed by atoms with Crippen LogP contribution >= 0.6 is 0 Å². The maximum absolute atomic E-state index is 11.8. The lowest BCUT2D eigenvalue weighted by Gasteiger charge is -2.33. The van der Waals surface area contributed by atoms with Crippen molar-refractivity contribution in [3.63, 3.8) is 0 Å². The zero-order chi connectivity index (χ0) is 12.1. The lowest BCUT2D eigenvalue weighted by molar-refractivity contribution is -0.147. The maximum Gasteiger partial charge on any atom is 0.242 e. The molecular formula is C10H18N2O4. The number of nitrogens with two attached hydrogens (primary N) is 1. The molecule has 1 heterocycles.